The zero-order valence-corrected chi connectivity index (χ0v) is 10.3. The zero-order valence-electron chi connectivity index (χ0n) is 10.3. The van der Waals surface area contributed by atoms with Crippen LogP contribution >= 0.6 is 0 Å². The van der Waals surface area contributed by atoms with E-state index in [1.54, 1.807) is 24.3 Å². The maximum Gasteiger partial charge on any atom is 0.245 e. The third-order valence-corrected chi connectivity index (χ3v) is 3.29. The van der Waals surface area contributed by atoms with Gasteiger partial charge in [-0.25, -0.2) is 0 Å². The van der Waals surface area contributed by atoms with Crippen molar-refractivity contribution in [1.29, 1.82) is 10.5 Å². The van der Waals surface area contributed by atoms with Crippen LogP contribution in [0.4, 0.5) is 5.69 Å². The van der Waals surface area contributed by atoms with Gasteiger partial charge >= 0.3 is 0 Å². The highest BCUT2D eigenvalue weighted by atomic mass is 16.5. The van der Waals surface area contributed by atoms with E-state index in [2.05, 4.69) is 11.4 Å². The summed E-state index contributed by atoms with van der Waals surface area (Å²) < 4.78 is 5.19. The Kier molecular flexibility index (Phi) is 3.79. The van der Waals surface area contributed by atoms with Gasteiger partial charge < -0.3 is 10.1 Å². The van der Waals surface area contributed by atoms with Gasteiger partial charge in [0.2, 0.25) is 5.91 Å². The molecule has 0 aliphatic carbocycles. The molecule has 0 saturated carbocycles. The molecule has 1 heterocycles. The summed E-state index contributed by atoms with van der Waals surface area (Å²) >= 11 is 0. The van der Waals surface area contributed by atoms with Crippen LogP contribution in [0.2, 0.25) is 0 Å². The Bertz CT molecular complexity index is 563. The van der Waals surface area contributed by atoms with Crippen LogP contribution in [0.25, 0.3) is 0 Å². The highest BCUT2D eigenvalue weighted by Gasteiger charge is 2.40. The van der Waals surface area contributed by atoms with Crippen molar-refractivity contribution < 1.29 is 9.53 Å². The quantitative estimate of drug-likeness (QED) is 0.873. The number of rotatable bonds is 2. The van der Waals surface area contributed by atoms with E-state index in [1.165, 1.54) is 0 Å². The van der Waals surface area contributed by atoms with Crippen molar-refractivity contribution in [3.8, 4) is 12.1 Å². The lowest BCUT2D eigenvalue weighted by molar-refractivity contribution is -0.126. The second-order valence-electron chi connectivity index (χ2n) is 4.42. The molecule has 96 valence electrons. The first-order valence-corrected chi connectivity index (χ1v) is 6.01. The number of anilines is 1. The minimum absolute atomic E-state index is 0.360. The predicted octanol–water partition coefficient (Wildman–Crippen LogP) is 1.82. The van der Waals surface area contributed by atoms with Crippen LogP contribution in [0.1, 0.15) is 18.4 Å². The summed E-state index contributed by atoms with van der Waals surface area (Å²) in [5.74, 6) is -0.360. The average Bonchev–Trinajstić information content (AvgIpc) is 2.48. The molecule has 0 spiro atoms. The van der Waals surface area contributed by atoms with Crippen LogP contribution in [-0.4, -0.2) is 19.1 Å². The van der Waals surface area contributed by atoms with E-state index >= 15 is 0 Å². The molecule has 1 N–H and O–H groups in total. The van der Waals surface area contributed by atoms with Gasteiger partial charge in [0.1, 0.15) is 11.5 Å². The van der Waals surface area contributed by atoms with Crippen LogP contribution in [0, 0.1) is 28.1 Å². The van der Waals surface area contributed by atoms with Gasteiger partial charge in [0, 0.05) is 13.2 Å². The van der Waals surface area contributed by atoms with Crippen molar-refractivity contribution >= 4 is 11.6 Å². The van der Waals surface area contributed by atoms with Gasteiger partial charge in [-0.05, 0) is 25.0 Å². The number of nitriles is 2. The SMILES string of the molecule is N#Cc1ccccc1NC(=O)C1(C#N)CCOCC1. The summed E-state index contributed by atoms with van der Waals surface area (Å²) in [6.45, 7) is 0.807. The number of carbonyl (C=O) groups is 1. The minimum atomic E-state index is -1.05. The van der Waals surface area contributed by atoms with Crippen molar-refractivity contribution in [3.05, 3.63) is 29.8 Å². The second kappa shape index (κ2) is 5.51. The smallest absolute Gasteiger partial charge is 0.245 e. The van der Waals surface area contributed by atoms with E-state index < -0.39 is 5.41 Å². The molecular formula is C14H13N3O2. The molecule has 1 aliphatic rings. The second-order valence-corrected chi connectivity index (χ2v) is 4.42. The Morgan fingerprint density at radius 3 is 2.58 bits per heavy atom. The van der Waals surface area contributed by atoms with Crippen molar-refractivity contribution in [2.75, 3.05) is 18.5 Å². The van der Waals surface area contributed by atoms with E-state index in [0.29, 0.717) is 37.3 Å². The fourth-order valence-corrected chi connectivity index (χ4v) is 2.04. The fraction of sp³-hybridized carbons (Fsp3) is 0.357. The molecule has 0 bridgehead atoms. The number of para-hydroxylation sites is 1. The van der Waals surface area contributed by atoms with Crippen molar-refractivity contribution in [2.24, 2.45) is 5.41 Å². The first-order valence-electron chi connectivity index (χ1n) is 6.01. The number of nitrogens with zero attached hydrogens (tertiary/aromatic N) is 2. The van der Waals surface area contributed by atoms with E-state index in [1.807, 2.05) is 6.07 Å². The molecule has 0 unspecified atom stereocenters. The van der Waals surface area contributed by atoms with Crippen molar-refractivity contribution in [3.63, 3.8) is 0 Å². The van der Waals surface area contributed by atoms with Gasteiger partial charge in [-0.2, -0.15) is 10.5 Å². The topological polar surface area (TPSA) is 85.9 Å². The normalized spacial score (nSPS) is 16.9. The van der Waals surface area contributed by atoms with Crippen molar-refractivity contribution in [2.45, 2.75) is 12.8 Å². The molecule has 1 aromatic carbocycles. The Morgan fingerprint density at radius 2 is 1.95 bits per heavy atom. The molecule has 5 heteroatoms. The lowest BCUT2D eigenvalue weighted by Gasteiger charge is -2.29. The molecule has 1 saturated heterocycles. The molecular weight excluding hydrogens is 242 g/mol. The summed E-state index contributed by atoms with van der Waals surface area (Å²) in [6, 6.07) is 10.8. The van der Waals surface area contributed by atoms with Crippen LogP contribution in [-0.2, 0) is 9.53 Å². The summed E-state index contributed by atoms with van der Waals surface area (Å²) in [4.78, 5) is 12.3. The molecule has 1 aromatic rings. The lowest BCUT2D eigenvalue weighted by atomic mass is 9.81. The van der Waals surface area contributed by atoms with E-state index in [9.17, 15) is 10.1 Å². The van der Waals surface area contributed by atoms with Gasteiger partial charge in [-0.3, -0.25) is 4.79 Å². The monoisotopic (exact) mass is 255 g/mol. The van der Waals surface area contributed by atoms with Gasteiger partial charge in [-0.15, -0.1) is 0 Å². The van der Waals surface area contributed by atoms with Crippen LogP contribution < -0.4 is 5.32 Å². The number of benzene rings is 1. The maximum absolute atomic E-state index is 12.3. The Labute approximate surface area is 111 Å². The predicted molar refractivity (Wildman–Crippen MR) is 67.9 cm³/mol. The molecule has 0 aromatic heterocycles. The fourth-order valence-electron chi connectivity index (χ4n) is 2.04. The number of hydrogen-bond donors (Lipinski definition) is 1. The summed E-state index contributed by atoms with van der Waals surface area (Å²) in [5, 5.41) is 20.9. The largest absolute Gasteiger partial charge is 0.381 e. The molecule has 19 heavy (non-hydrogen) atoms. The first kappa shape index (κ1) is 13.1. The lowest BCUT2D eigenvalue weighted by Crippen LogP contribution is -2.40. The van der Waals surface area contributed by atoms with E-state index in [4.69, 9.17) is 10.00 Å². The van der Waals surface area contributed by atoms with Gasteiger partial charge in [0.05, 0.1) is 17.3 Å². The molecule has 0 radical (unpaired) electrons. The maximum atomic E-state index is 12.3. The Hall–Kier alpha value is -2.37. The van der Waals surface area contributed by atoms with Gasteiger partial charge in [0.25, 0.3) is 0 Å². The number of hydrogen-bond acceptors (Lipinski definition) is 4. The molecule has 5 nitrogen and oxygen atoms in total. The molecule has 1 fully saturated rings. The van der Waals surface area contributed by atoms with Crippen LogP contribution in [0.5, 0.6) is 0 Å². The molecule has 2 rings (SSSR count). The molecule has 1 amide bonds. The number of ether oxygens (including phenoxy) is 1. The number of amides is 1. The Balaban J connectivity index is 2.21. The zero-order chi connectivity index (χ0) is 13.7. The summed E-state index contributed by atoms with van der Waals surface area (Å²) in [5.41, 5.74) is -0.229. The standard InChI is InChI=1S/C14H13N3O2/c15-9-11-3-1-2-4-12(11)17-13(18)14(10-16)5-7-19-8-6-14/h1-4H,5-8H2,(H,17,18). The Morgan fingerprint density at radius 1 is 1.26 bits per heavy atom. The minimum Gasteiger partial charge on any atom is -0.381 e. The number of carbonyl (C=O) groups excluding carboxylic acids is 1. The summed E-state index contributed by atoms with van der Waals surface area (Å²) in [7, 11) is 0. The van der Waals surface area contributed by atoms with Gasteiger partial charge in [-0.1, -0.05) is 12.1 Å². The summed E-state index contributed by atoms with van der Waals surface area (Å²) in [6.07, 6.45) is 0.758. The highest BCUT2D eigenvalue weighted by molar-refractivity contribution is 5.98. The molecule has 1 aliphatic heterocycles. The number of nitrogens with one attached hydrogen (secondary N) is 1. The van der Waals surface area contributed by atoms with Crippen LogP contribution in [0.3, 0.4) is 0 Å². The highest BCUT2D eigenvalue weighted by Crippen LogP contribution is 2.31. The first-order chi connectivity index (χ1) is 9.22. The van der Waals surface area contributed by atoms with Gasteiger partial charge in [0.15, 0.2) is 0 Å². The van der Waals surface area contributed by atoms with Crippen molar-refractivity contribution in [1.82, 2.24) is 0 Å². The third kappa shape index (κ3) is 2.57. The van der Waals surface area contributed by atoms with E-state index in [0.717, 1.165) is 0 Å². The van der Waals surface area contributed by atoms with E-state index in [-0.39, 0.29) is 5.91 Å². The molecule has 0 atom stereocenters. The van der Waals surface area contributed by atoms with Crippen LogP contribution in [0.15, 0.2) is 24.3 Å². The third-order valence-electron chi connectivity index (χ3n) is 3.29. The average molecular weight is 255 g/mol.